The van der Waals surface area contributed by atoms with Crippen molar-refractivity contribution in [2.45, 2.75) is 45.7 Å². The molecule has 0 bridgehead atoms. The van der Waals surface area contributed by atoms with Gasteiger partial charge in [0.15, 0.2) is 0 Å². The van der Waals surface area contributed by atoms with E-state index in [1.165, 1.54) is 10.6 Å². The molecule has 2 aromatic rings. The smallest absolute Gasteiger partial charge is 0.256 e. The molecule has 0 saturated carbocycles. The fraction of sp³-hybridized carbons (Fsp3) is 0.381. The Morgan fingerprint density at radius 2 is 1.96 bits per heavy atom. The predicted molar refractivity (Wildman–Crippen MR) is 105 cm³/mol. The van der Waals surface area contributed by atoms with E-state index in [0.717, 1.165) is 25.8 Å². The Labute approximate surface area is 158 Å². The first-order valence-electron chi connectivity index (χ1n) is 9.43. The van der Waals surface area contributed by atoms with Crippen LogP contribution in [0, 0.1) is 0 Å². The van der Waals surface area contributed by atoms with E-state index in [1.807, 2.05) is 11.8 Å². The zero-order valence-electron chi connectivity index (χ0n) is 15.8. The Bertz CT molecular complexity index is 904. The summed E-state index contributed by atoms with van der Waals surface area (Å²) in [6.07, 6.45) is 4.72. The van der Waals surface area contributed by atoms with Crippen molar-refractivity contribution >= 4 is 17.5 Å². The number of anilines is 1. The van der Waals surface area contributed by atoms with E-state index in [-0.39, 0.29) is 23.1 Å². The summed E-state index contributed by atoms with van der Waals surface area (Å²) in [7, 11) is 0. The Morgan fingerprint density at radius 1 is 1.19 bits per heavy atom. The van der Waals surface area contributed by atoms with Gasteiger partial charge in [0.2, 0.25) is 0 Å². The second-order valence-electron chi connectivity index (χ2n) is 6.88. The van der Waals surface area contributed by atoms with E-state index in [4.69, 9.17) is 0 Å². The van der Waals surface area contributed by atoms with Crippen molar-refractivity contribution in [3.05, 3.63) is 64.1 Å². The number of carbonyl (C=O) groups excluding carboxylic acids is 2. The zero-order chi connectivity index (χ0) is 19.4. The van der Waals surface area contributed by atoms with Crippen molar-refractivity contribution in [2.75, 3.05) is 11.9 Å². The maximum Gasteiger partial charge on any atom is 0.256 e. The summed E-state index contributed by atoms with van der Waals surface area (Å²) in [5.74, 6) is -0.471. The molecule has 27 heavy (non-hydrogen) atoms. The highest BCUT2D eigenvalue weighted by Crippen LogP contribution is 2.23. The van der Waals surface area contributed by atoms with Crippen LogP contribution >= 0.6 is 0 Å². The van der Waals surface area contributed by atoms with Gasteiger partial charge in [-0.2, -0.15) is 0 Å². The number of piperidine rings is 1. The quantitative estimate of drug-likeness (QED) is 0.902. The minimum Gasteiger partial charge on any atom is -0.336 e. The molecule has 2 amide bonds. The van der Waals surface area contributed by atoms with Crippen LogP contribution in [0.3, 0.4) is 0 Å². The van der Waals surface area contributed by atoms with Gasteiger partial charge < -0.3 is 14.8 Å². The Balaban J connectivity index is 1.83. The van der Waals surface area contributed by atoms with Crippen LogP contribution in [0.5, 0.6) is 0 Å². The van der Waals surface area contributed by atoms with E-state index < -0.39 is 5.91 Å². The Kier molecular flexibility index (Phi) is 5.74. The van der Waals surface area contributed by atoms with E-state index in [0.29, 0.717) is 17.8 Å². The lowest BCUT2D eigenvalue weighted by Crippen LogP contribution is -2.42. The fourth-order valence-corrected chi connectivity index (χ4v) is 3.44. The molecule has 0 aliphatic carbocycles. The summed E-state index contributed by atoms with van der Waals surface area (Å²) in [6.45, 7) is 5.20. The second kappa shape index (κ2) is 8.20. The number of hydrogen-bond donors (Lipinski definition) is 1. The molecule has 1 saturated heterocycles. The molecule has 1 aliphatic rings. The van der Waals surface area contributed by atoms with Gasteiger partial charge in [0.1, 0.15) is 0 Å². The van der Waals surface area contributed by atoms with Crippen LogP contribution in [0.15, 0.2) is 47.4 Å². The maximum absolute atomic E-state index is 13.0. The molecule has 1 aromatic carbocycles. The summed E-state index contributed by atoms with van der Waals surface area (Å²) >= 11 is 0. The van der Waals surface area contributed by atoms with Gasteiger partial charge in [0.05, 0.1) is 11.3 Å². The minimum absolute atomic E-state index is 0.0699. The van der Waals surface area contributed by atoms with Crippen LogP contribution in [0.1, 0.15) is 53.8 Å². The predicted octanol–water partition coefficient (Wildman–Crippen LogP) is 3.14. The minimum atomic E-state index is -0.401. The number of aryl methyl sites for hydroxylation is 1. The average Bonchev–Trinajstić information content (AvgIpc) is 2.68. The third-order valence-electron chi connectivity index (χ3n) is 5.07. The summed E-state index contributed by atoms with van der Waals surface area (Å²) < 4.78 is 1.52. The second-order valence-corrected chi connectivity index (χ2v) is 6.88. The lowest BCUT2D eigenvalue weighted by molar-refractivity contribution is 0.0636. The van der Waals surface area contributed by atoms with E-state index in [1.54, 1.807) is 36.5 Å². The first-order chi connectivity index (χ1) is 13.0. The number of pyridine rings is 1. The standard InChI is InChI=1S/C21H25N3O3/c1-3-23-13-11-16(14-19(23)25)20(26)22-18-10-5-4-9-17(18)21(27)24-12-7-6-8-15(24)2/h4-5,9-11,13-15H,3,6-8,12H2,1-2H3,(H,22,26). The molecule has 1 unspecified atom stereocenters. The van der Waals surface area contributed by atoms with Crippen LogP contribution in [0.25, 0.3) is 0 Å². The number of rotatable bonds is 4. The van der Waals surface area contributed by atoms with Crippen LogP contribution < -0.4 is 10.9 Å². The summed E-state index contributed by atoms with van der Waals surface area (Å²) in [6, 6.07) is 10.1. The van der Waals surface area contributed by atoms with Crippen LogP contribution in [0.2, 0.25) is 0 Å². The largest absolute Gasteiger partial charge is 0.336 e. The molecule has 6 heteroatoms. The molecular weight excluding hydrogens is 342 g/mol. The highest BCUT2D eigenvalue weighted by Gasteiger charge is 2.26. The van der Waals surface area contributed by atoms with E-state index in [9.17, 15) is 14.4 Å². The van der Waals surface area contributed by atoms with Crippen molar-refractivity contribution in [3.8, 4) is 0 Å². The van der Waals surface area contributed by atoms with E-state index >= 15 is 0 Å². The lowest BCUT2D eigenvalue weighted by atomic mass is 10.0. The summed E-state index contributed by atoms with van der Waals surface area (Å²) in [5, 5.41) is 2.79. The Morgan fingerprint density at radius 3 is 2.67 bits per heavy atom. The topological polar surface area (TPSA) is 71.4 Å². The summed E-state index contributed by atoms with van der Waals surface area (Å²) in [5.41, 5.74) is 0.987. The maximum atomic E-state index is 13.0. The number of likely N-dealkylation sites (tertiary alicyclic amines) is 1. The third kappa shape index (κ3) is 4.10. The molecule has 1 aliphatic heterocycles. The number of nitrogens with one attached hydrogen (secondary N) is 1. The number of nitrogens with zero attached hydrogens (tertiary/aromatic N) is 2. The van der Waals surface area contributed by atoms with Gasteiger partial charge in [0, 0.05) is 37.0 Å². The monoisotopic (exact) mass is 367 g/mol. The van der Waals surface area contributed by atoms with Gasteiger partial charge in [-0.1, -0.05) is 12.1 Å². The molecule has 1 N–H and O–H groups in total. The molecule has 1 aromatic heterocycles. The fourth-order valence-electron chi connectivity index (χ4n) is 3.44. The first-order valence-corrected chi connectivity index (χ1v) is 9.43. The van der Waals surface area contributed by atoms with Gasteiger partial charge in [-0.15, -0.1) is 0 Å². The molecule has 142 valence electrons. The first kappa shape index (κ1) is 18.9. The molecule has 0 radical (unpaired) electrons. The van der Waals surface area contributed by atoms with Crippen LogP contribution in [-0.4, -0.2) is 33.9 Å². The molecule has 1 fully saturated rings. The highest BCUT2D eigenvalue weighted by molar-refractivity contribution is 6.09. The SMILES string of the molecule is CCn1ccc(C(=O)Nc2ccccc2C(=O)N2CCCCC2C)cc1=O. The molecular formula is C21H25N3O3. The number of hydrogen-bond acceptors (Lipinski definition) is 3. The number of aromatic nitrogens is 1. The number of carbonyl (C=O) groups is 2. The van der Waals surface area contributed by atoms with Crippen molar-refractivity contribution in [1.29, 1.82) is 0 Å². The number of benzene rings is 1. The summed E-state index contributed by atoms with van der Waals surface area (Å²) in [4.78, 5) is 39.4. The zero-order valence-corrected chi connectivity index (χ0v) is 15.8. The van der Waals surface area contributed by atoms with Crippen molar-refractivity contribution in [1.82, 2.24) is 9.47 Å². The van der Waals surface area contributed by atoms with Crippen molar-refractivity contribution < 1.29 is 9.59 Å². The van der Waals surface area contributed by atoms with Gasteiger partial charge in [-0.05, 0) is 51.3 Å². The van der Waals surface area contributed by atoms with Gasteiger partial charge in [-0.3, -0.25) is 14.4 Å². The molecule has 6 nitrogen and oxygen atoms in total. The molecule has 1 atom stereocenters. The van der Waals surface area contributed by atoms with Crippen LogP contribution in [-0.2, 0) is 6.54 Å². The van der Waals surface area contributed by atoms with Crippen molar-refractivity contribution in [3.63, 3.8) is 0 Å². The average molecular weight is 367 g/mol. The van der Waals surface area contributed by atoms with Gasteiger partial charge >= 0.3 is 0 Å². The van der Waals surface area contributed by atoms with Gasteiger partial charge in [0.25, 0.3) is 17.4 Å². The molecule has 2 heterocycles. The molecule has 0 spiro atoms. The molecule has 3 rings (SSSR count). The third-order valence-corrected chi connectivity index (χ3v) is 5.07. The Hall–Kier alpha value is -2.89. The normalized spacial score (nSPS) is 16.8. The number of amides is 2. The number of para-hydroxylation sites is 1. The van der Waals surface area contributed by atoms with Crippen molar-refractivity contribution in [2.24, 2.45) is 0 Å². The van der Waals surface area contributed by atoms with Crippen LogP contribution in [0.4, 0.5) is 5.69 Å². The lowest BCUT2D eigenvalue weighted by Gasteiger charge is -2.33. The highest BCUT2D eigenvalue weighted by atomic mass is 16.2. The van der Waals surface area contributed by atoms with Gasteiger partial charge in [-0.25, -0.2) is 0 Å². The van der Waals surface area contributed by atoms with E-state index in [2.05, 4.69) is 12.2 Å².